The fourth-order valence-corrected chi connectivity index (χ4v) is 1.49. The summed E-state index contributed by atoms with van der Waals surface area (Å²) in [4.78, 5) is 21.9. The first-order chi connectivity index (χ1) is 8.26. The van der Waals surface area contributed by atoms with Gasteiger partial charge in [-0.15, -0.1) is 0 Å². The third-order valence-electron chi connectivity index (χ3n) is 1.91. The van der Waals surface area contributed by atoms with Gasteiger partial charge in [-0.2, -0.15) is 24.9 Å². The lowest BCUT2D eigenvalue weighted by Gasteiger charge is -2.15. The molecule has 0 saturated heterocycles. The molecular weight excluding hydrogens is 273 g/mol. The molecule has 2 amide bonds. The summed E-state index contributed by atoms with van der Waals surface area (Å²) < 4.78 is 35.4. The van der Waals surface area contributed by atoms with Crippen LogP contribution in [0, 0.1) is 0 Å². The molecule has 0 aliphatic rings. The van der Waals surface area contributed by atoms with Gasteiger partial charge in [-0.3, -0.25) is 0 Å². The number of thioether (sulfide) groups is 1. The third kappa shape index (κ3) is 8.97. The van der Waals surface area contributed by atoms with Crippen LogP contribution in [0.25, 0.3) is 0 Å². The Morgan fingerprint density at radius 2 is 2.00 bits per heavy atom. The number of carboxylic acid groups (broad SMARTS) is 1. The summed E-state index contributed by atoms with van der Waals surface area (Å²) in [6.07, 6.45) is -3.51. The van der Waals surface area contributed by atoms with Crippen LogP contribution >= 0.6 is 11.8 Å². The number of hydrogen-bond acceptors (Lipinski definition) is 3. The van der Waals surface area contributed by atoms with E-state index in [1.54, 1.807) is 6.26 Å². The molecule has 3 N–H and O–H groups in total. The second kappa shape index (κ2) is 8.06. The van der Waals surface area contributed by atoms with Gasteiger partial charge in [-0.05, 0) is 18.4 Å². The molecule has 1 unspecified atom stereocenters. The molecule has 1 atom stereocenters. The zero-order chi connectivity index (χ0) is 14.2. The zero-order valence-electron chi connectivity index (χ0n) is 9.71. The highest BCUT2D eigenvalue weighted by Crippen LogP contribution is 2.18. The number of aliphatic carboxylic acids is 1. The van der Waals surface area contributed by atoms with Gasteiger partial charge in [0.15, 0.2) is 0 Å². The summed E-state index contributed by atoms with van der Waals surface area (Å²) in [7, 11) is 0. The van der Waals surface area contributed by atoms with Gasteiger partial charge >= 0.3 is 18.2 Å². The predicted octanol–water partition coefficient (Wildman–Crippen LogP) is 1.44. The normalized spacial score (nSPS) is 12.9. The van der Waals surface area contributed by atoms with E-state index in [-0.39, 0.29) is 6.42 Å². The molecule has 9 heteroatoms. The highest BCUT2D eigenvalue weighted by molar-refractivity contribution is 7.98. The molecular formula is C9H15F3N2O3S. The number of urea groups is 1. The van der Waals surface area contributed by atoms with Crippen molar-refractivity contribution in [1.29, 1.82) is 0 Å². The quantitative estimate of drug-likeness (QED) is 0.662. The van der Waals surface area contributed by atoms with Crippen LogP contribution < -0.4 is 10.6 Å². The summed E-state index contributed by atoms with van der Waals surface area (Å²) in [6.45, 7) is -0.579. The first-order valence-corrected chi connectivity index (χ1v) is 6.48. The number of alkyl halides is 3. The summed E-state index contributed by atoms with van der Waals surface area (Å²) in [5.41, 5.74) is 0. The molecule has 0 saturated carbocycles. The van der Waals surface area contributed by atoms with Crippen molar-refractivity contribution in [1.82, 2.24) is 10.6 Å². The second-order valence-corrected chi connectivity index (χ2v) is 4.42. The molecule has 0 spiro atoms. The number of carboxylic acids is 1. The molecule has 0 bridgehead atoms. The summed E-state index contributed by atoms with van der Waals surface area (Å²) in [6, 6.07) is -2.00. The number of rotatable bonds is 7. The van der Waals surface area contributed by atoms with E-state index in [1.807, 2.05) is 5.32 Å². The molecule has 0 aromatic heterocycles. The van der Waals surface area contributed by atoms with Gasteiger partial charge in [-0.1, -0.05) is 0 Å². The largest absolute Gasteiger partial charge is 0.480 e. The average Bonchev–Trinajstić information content (AvgIpc) is 2.21. The summed E-state index contributed by atoms with van der Waals surface area (Å²) in [5, 5.41) is 12.8. The maximum absolute atomic E-state index is 11.8. The van der Waals surface area contributed by atoms with E-state index in [0.717, 1.165) is 0 Å². The minimum absolute atomic E-state index is 0.211. The van der Waals surface area contributed by atoms with Gasteiger partial charge in [0.05, 0.1) is 6.42 Å². The molecule has 0 aromatic rings. The molecule has 0 aromatic carbocycles. The van der Waals surface area contributed by atoms with E-state index < -0.39 is 37.2 Å². The Kier molecular flexibility index (Phi) is 7.56. The van der Waals surface area contributed by atoms with Crippen molar-refractivity contribution in [3.8, 4) is 0 Å². The lowest BCUT2D eigenvalue weighted by molar-refractivity contribution is -0.139. The Morgan fingerprint density at radius 1 is 1.39 bits per heavy atom. The van der Waals surface area contributed by atoms with Crippen LogP contribution in [0.3, 0.4) is 0 Å². The van der Waals surface area contributed by atoms with E-state index in [2.05, 4.69) is 5.32 Å². The number of nitrogens with one attached hydrogen (secondary N) is 2. The van der Waals surface area contributed by atoms with Crippen LogP contribution in [0.4, 0.5) is 18.0 Å². The van der Waals surface area contributed by atoms with Crippen molar-refractivity contribution < 1.29 is 27.9 Å². The van der Waals surface area contributed by atoms with Gasteiger partial charge in [0.2, 0.25) is 0 Å². The molecule has 0 rings (SSSR count). The number of carbonyl (C=O) groups excluding carboxylic acids is 1. The lowest BCUT2D eigenvalue weighted by atomic mass is 10.2. The van der Waals surface area contributed by atoms with Crippen molar-refractivity contribution in [3.63, 3.8) is 0 Å². The Hall–Kier alpha value is -1.12. The summed E-state index contributed by atoms with van der Waals surface area (Å²) >= 11 is 1.41. The molecule has 18 heavy (non-hydrogen) atoms. The monoisotopic (exact) mass is 288 g/mol. The van der Waals surface area contributed by atoms with E-state index in [1.165, 1.54) is 11.8 Å². The van der Waals surface area contributed by atoms with Crippen LogP contribution in [-0.2, 0) is 4.79 Å². The lowest BCUT2D eigenvalue weighted by Crippen LogP contribution is -2.46. The van der Waals surface area contributed by atoms with Crippen LogP contribution in [0.2, 0.25) is 0 Å². The molecule has 5 nitrogen and oxygen atoms in total. The van der Waals surface area contributed by atoms with Crippen LogP contribution in [0.15, 0.2) is 0 Å². The maximum Gasteiger partial charge on any atom is 0.390 e. The molecule has 0 aliphatic carbocycles. The van der Waals surface area contributed by atoms with Crippen LogP contribution in [-0.4, -0.2) is 47.9 Å². The Balaban J connectivity index is 3.99. The number of amides is 2. The molecule has 0 aliphatic heterocycles. The number of hydrogen-bond donors (Lipinski definition) is 3. The van der Waals surface area contributed by atoms with Crippen molar-refractivity contribution in [2.75, 3.05) is 18.6 Å². The molecule has 106 valence electrons. The Bertz CT molecular complexity index is 287. The number of carbonyl (C=O) groups is 2. The highest BCUT2D eigenvalue weighted by Gasteiger charge is 2.27. The second-order valence-electron chi connectivity index (χ2n) is 3.44. The van der Waals surface area contributed by atoms with Gasteiger partial charge in [0, 0.05) is 6.54 Å². The van der Waals surface area contributed by atoms with E-state index in [4.69, 9.17) is 5.11 Å². The molecule has 0 heterocycles. The number of halogens is 3. The van der Waals surface area contributed by atoms with Gasteiger partial charge < -0.3 is 15.7 Å². The zero-order valence-corrected chi connectivity index (χ0v) is 10.5. The van der Waals surface area contributed by atoms with E-state index in [9.17, 15) is 22.8 Å². The van der Waals surface area contributed by atoms with Gasteiger partial charge in [0.25, 0.3) is 0 Å². The van der Waals surface area contributed by atoms with Crippen LogP contribution in [0.1, 0.15) is 12.8 Å². The van der Waals surface area contributed by atoms with Gasteiger partial charge in [0.1, 0.15) is 6.04 Å². The topological polar surface area (TPSA) is 78.4 Å². The highest BCUT2D eigenvalue weighted by atomic mass is 32.2. The van der Waals surface area contributed by atoms with Crippen molar-refractivity contribution in [3.05, 3.63) is 0 Å². The Morgan fingerprint density at radius 3 is 2.44 bits per heavy atom. The predicted molar refractivity (Wildman–Crippen MR) is 61.6 cm³/mol. The van der Waals surface area contributed by atoms with E-state index >= 15 is 0 Å². The first kappa shape index (κ1) is 16.9. The van der Waals surface area contributed by atoms with Crippen molar-refractivity contribution in [2.24, 2.45) is 0 Å². The molecule has 0 radical (unpaired) electrons. The molecule has 0 fully saturated rings. The minimum atomic E-state index is -4.35. The minimum Gasteiger partial charge on any atom is -0.480 e. The fraction of sp³-hybridized carbons (Fsp3) is 0.778. The first-order valence-electron chi connectivity index (χ1n) is 5.09. The standard InChI is InChI=1S/C9H15F3N2O3S/c1-18-5-2-6(7(15)16)14-8(17)13-4-3-9(10,11)12/h6H,2-5H2,1H3,(H,15,16)(H2,13,14,17). The maximum atomic E-state index is 11.8. The van der Waals surface area contributed by atoms with E-state index in [0.29, 0.717) is 5.75 Å². The van der Waals surface area contributed by atoms with Crippen molar-refractivity contribution in [2.45, 2.75) is 25.1 Å². The van der Waals surface area contributed by atoms with Crippen molar-refractivity contribution >= 4 is 23.8 Å². The smallest absolute Gasteiger partial charge is 0.390 e. The fourth-order valence-electron chi connectivity index (χ4n) is 1.02. The van der Waals surface area contributed by atoms with Gasteiger partial charge in [-0.25, -0.2) is 9.59 Å². The van der Waals surface area contributed by atoms with Crippen LogP contribution in [0.5, 0.6) is 0 Å². The Labute approximate surface area is 106 Å². The third-order valence-corrected chi connectivity index (χ3v) is 2.55. The average molecular weight is 288 g/mol. The summed E-state index contributed by atoms with van der Waals surface area (Å²) in [5.74, 6) is -0.685. The SMILES string of the molecule is CSCCC(NC(=O)NCCC(F)(F)F)C(=O)O.